The lowest BCUT2D eigenvalue weighted by Gasteiger charge is -2.20. The second-order valence-corrected chi connectivity index (χ2v) is 11.4. The van der Waals surface area contributed by atoms with E-state index in [1.54, 1.807) is 23.4 Å². The van der Waals surface area contributed by atoms with Gasteiger partial charge in [-0.25, -0.2) is 12.7 Å². The van der Waals surface area contributed by atoms with Crippen LogP contribution in [0.4, 0.5) is 0 Å². The molecule has 1 aliphatic heterocycles. The van der Waals surface area contributed by atoms with Crippen LogP contribution in [0.3, 0.4) is 0 Å². The van der Waals surface area contributed by atoms with Crippen molar-refractivity contribution >= 4 is 27.2 Å². The molecule has 5 nitrogen and oxygen atoms in total. The first kappa shape index (κ1) is 22.8. The minimum Gasteiger partial charge on any atom is -0.321 e. The molecule has 0 saturated carbocycles. The van der Waals surface area contributed by atoms with Crippen LogP contribution in [-0.4, -0.2) is 36.5 Å². The highest BCUT2D eigenvalue weighted by Gasteiger charge is 2.29. The van der Waals surface area contributed by atoms with E-state index in [0.29, 0.717) is 18.8 Å². The van der Waals surface area contributed by atoms with Crippen molar-refractivity contribution in [1.82, 2.24) is 9.29 Å². The fourth-order valence-electron chi connectivity index (χ4n) is 3.67. The maximum atomic E-state index is 12.2. The highest BCUT2D eigenvalue weighted by molar-refractivity contribution is 7.89. The molecule has 1 atom stereocenters. The smallest absolute Gasteiger partial charge is 0.267 e. The van der Waals surface area contributed by atoms with Gasteiger partial charge in [-0.15, -0.1) is 0 Å². The average Bonchev–Trinajstić information content (AvgIpc) is 3.17. The zero-order chi connectivity index (χ0) is 22.1. The fraction of sp³-hybridized carbons (Fsp3) is 0.435. The molecule has 0 spiro atoms. The van der Waals surface area contributed by atoms with Crippen LogP contribution in [0.15, 0.2) is 47.3 Å². The number of pyridine rings is 1. The van der Waals surface area contributed by atoms with Gasteiger partial charge in [0.1, 0.15) is 5.02 Å². The Bertz CT molecular complexity index is 1100. The number of sulfonamides is 1. The molecule has 0 bridgehead atoms. The fourth-order valence-corrected chi connectivity index (χ4v) is 4.94. The molecule has 3 rings (SSSR count). The summed E-state index contributed by atoms with van der Waals surface area (Å²) in [5, 5.41) is 0.141. The molecular weight excluding hydrogens is 420 g/mol. The van der Waals surface area contributed by atoms with Gasteiger partial charge in [0.15, 0.2) is 0 Å². The van der Waals surface area contributed by atoms with Crippen LogP contribution >= 0.6 is 11.6 Å². The third-order valence-electron chi connectivity index (χ3n) is 5.56. The van der Waals surface area contributed by atoms with Crippen molar-refractivity contribution in [2.24, 2.45) is 5.92 Å². The Morgan fingerprint density at radius 1 is 1.20 bits per heavy atom. The largest absolute Gasteiger partial charge is 0.321 e. The number of nitrogens with zero attached hydrogens (tertiary/aromatic N) is 1. The molecule has 0 aliphatic carbocycles. The summed E-state index contributed by atoms with van der Waals surface area (Å²) >= 11 is 5.92. The number of H-pyrrole nitrogens is 1. The molecule has 7 heteroatoms. The highest BCUT2D eigenvalue weighted by Crippen LogP contribution is 2.30. The summed E-state index contributed by atoms with van der Waals surface area (Å²) in [6.07, 6.45) is 2.83. The average molecular weight is 449 g/mol. The molecule has 2 aromatic rings. The number of hydrogen-bond donors (Lipinski definition) is 1. The third-order valence-corrected chi connectivity index (χ3v) is 7.71. The Balaban J connectivity index is 2.01. The summed E-state index contributed by atoms with van der Waals surface area (Å²) in [5.41, 5.74) is 3.44. The normalized spacial score (nSPS) is 18.7. The van der Waals surface area contributed by atoms with Crippen molar-refractivity contribution in [3.8, 4) is 0 Å². The van der Waals surface area contributed by atoms with E-state index in [1.165, 1.54) is 5.56 Å². The number of halogens is 1. The van der Waals surface area contributed by atoms with E-state index < -0.39 is 10.0 Å². The molecule has 1 aromatic carbocycles. The van der Waals surface area contributed by atoms with Gasteiger partial charge in [-0.1, -0.05) is 62.7 Å². The number of rotatable bonds is 5. The topological polar surface area (TPSA) is 70.2 Å². The zero-order valence-corrected chi connectivity index (χ0v) is 19.5. The van der Waals surface area contributed by atoms with E-state index in [2.05, 4.69) is 56.1 Å². The molecule has 1 N–H and O–H groups in total. The Morgan fingerprint density at radius 3 is 2.43 bits per heavy atom. The summed E-state index contributed by atoms with van der Waals surface area (Å²) in [7, 11) is -3.20. The summed E-state index contributed by atoms with van der Waals surface area (Å²) in [6.45, 7) is 9.13. The van der Waals surface area contributed by atoms with Gasteiger partial charge in [-0.3, -0.25) is 4.79 Å². The summed E-state index contributed by atoms with van der Waals surface area (Å²) in [4.78, 5) is 15.0. The molecule has 0 amide bonds. The Kier molecular flexibility index (Phi) is 6.60. The van der Waals surface area contributed by atoms with Crippen LogP contribution in [0.5, 0.6) is 0 Å². The van der Waals surface area contributed by atoms with Gasteiger partial charge in [0.2, 0.25) is 10.0 Å². The van der Waals surface area contributed by atoms with Crippen molar-refractivity contribution in [2.75, 3.05) is 18.8 Å². The Labute approximate surface area is 183 Å². The van der Waals surface area contributed by atoms with Gasteiger partial charge < -0.3 is 4.98 Å². The molecule has 30 heavy (non-hydrogen) atoms. The van der Waals surface area contributed by atoms with Gasteiger partial charge in [0.05, 0.1) is 5.75 Å². The van der Waals surface area contributed by atoms with E-state index in [1.807, 2.05) is 0 Å². The molecule has 0 unspecified atom stereocenters. The second-order valence-electron chi connectivity index (χ2n) is 8.76. The number of benzene rings is 1. The maximum absolute atomic E-state index is 12.2. The monoisotopic (exact) mass is 448 g/mol. The van der Waals surface area contributed by atoms with Gasteiger partial charge in [0.25, 0.3) is 5.56 Å². The molecule has 1 aliphatic rings. The van der Waals surface area contributed by atoms with Crippen LogP contribution in [-0.2, 0) is 15.4 Å². The molecule has 1 aromatic heterocycles. The van der Waals surface area contributed by atoms with Gasteiger partial charge >= 0.3 is 0 Å². The van der Waals surface area contributed by atoms with Crippen molar-refractivity contribution in [2.45, 2.75) is 39.5 Å². The zero-order valence-electron chi connectivity index (χ0n) is 17.9. The van der Waals surface area contributed by atoms with E-state index in [9.17, 15) is 13.2 Å². The quantitative estimate of drug-likeness (QED) is 0.735. The van der Waals surface area contributed by atoms with E-state index >= 15 is 0 Å². The number of aromatic amines is 1. The maximum Gasteiger partial charge on any atom is 0.267 e. The van der Waals surface area contributed by atoms with Crippen molar-refractivity contribution in [1.29, 1.82) is 0 Å². The standard InChI is InChI=1S/C23H29ClN2O3S/c1-5-30(28,29)26-13-12-16(15-26)14-19(21-11-10-20(24)22(27)25-21)17-6-8-18(9-7-17)23(2,3)4/h6-11,14,16H,5,12-13,15H2,1-4H3,(H,25,27)/b19-14+/t16-/m1/s1. The van der Waals surface area contributed by atoms with Gasteiger partial charge in [-0.2, -0.15) is 0 Å². The van der Waals surface area contributed by atoms with Gasteiger partial charge in [0, 0.05) is 24.4 Å². The van der Waals surface area contributed by atoms with Crippen molar-refractivity contribution in [3.63, 3.8) is 0 Å². The molecule has 0 radical (unpaired) electrons. The molecule has 2 heterocycles. The lowest BCUT2D eigenvalue weighted by Crippen LogP contribution is -2.30. The minimum atomic E-state index is -3.20. The Morgan fingerprint density at radius 2 is 1.87 bits per heavy atom. The predicted octanol–water partition coefficient (Wildman–Crippen LogP) is 4.43. The molecule has 1 saturated heterocycles. The summed E-state index contributed by atoms with van der Waals surface area (Å²) in [6, 6.07) is 11.7. The first-order chi connectivity index (χ1) is 14.0. The van der Waals surface area contributed by atoms with Crippen molar-refractivity contribution < 1.29 is 8.42 Å². The van der Waals surface area contributed by atoms with E-state index in [-0.39, 0.29) is 27.7 Å². The number of hydrogen-bond acceptors (Lipinski definition) is 3. The molecular formula is C23H29ClN2O3S. The summed E-state index contributed by atoms with van der Waals surface area (Å²) < 4.78 is 26.0. The van der Waals surface area contributed by atoms with Gasteiger partial charge in [-0.05, 0) is 47.9 Å². The van der Waals surface area contributed by atoms with E-state index in [0.717, 1.165) is 17.6 Å². The van der Waals surface area contributed by atoms with Crippen LogP contribution in [0, 0.1) is 5.92 Å². The second kappa shape index (κ2) is 8.69. The van der Waals surface area contributed by atoms with Crippen molar-refractivity contribution in [3.05, 3.63) is 74.7 Å². The van der Waals surface area contributed by atoms with Crippen LogP contribution in [0.2, 0.25) is 5.02 Å². The van der Waals surface area contributed by atoms with E-state index in [4.69, 9.17) is 11.6 Å². The van der Waals surface area contributed by atoms with Crippen LogP contribution in [0.1, 0.15) is 50.9 Å². The SMILES string of the molecule is CCS(=O)(=O)N1CC[C@H](/C=C(\c2ccc(C(C)(C)C)cc2)c2ccc(Cl)c(=O)[nH]2)C1. The lowest BCUT2D eigenvalue weighted by atomic mass is 9.85. The minimum absolute atomic E-state index is 0.0391. The number of nitrogens with one attached hydrogen (secondary N) is 1. The Hall–Kier alpha value is -1.89. The first-order valence-corrected chi connectivity index (χ1v) is 12.2. The molecule has 162 valence electrons. The molecule has 1 fully saturated rings. The highest BCUT2D eigenvalue weighted by atomic mass is 35.5. The van der Waals surface area contributed by atoms with Crippen LogP contribution < -0.4 is 5.56 Å². The predicted molar refractivity (Wildman–Crippen MR) is 123 cm³/mol. The summed E-state index contributed by atoms with van der Waals surface area (Å²) in [5.74, 6) is 0.178. The van der Waals surface area contributed by atoms with Crippen LogP contribution in [0.25, 0.3) is 5.57 Å². The third kappa shape index (κ3) is 5.05. The number of aromatic nitrogens is 1. The lowest BCUT2D eigenvalue weighted by molar-refractivity contribution is 0.471. The first-order valence-electron chi connectivity index (χ1n) is 10.2.